The van der Waals surface area contributed by atoms with Crippen molar-refractivity contribution in [3.8, 4) is 0 Å². The molecule has 0 amide bonds. The van der Waals surface area contributed by atoms with Crippen LogP contribution >= 0.6 is 11.8 Å². The van der Waals surface area contributed by atoms with Gasteiger partial charge in [-0.3, -0.25) is 0 Å². The van der Waals surface area contributed by atoms with Crippen molar-refractivity contribution in [2.75, 3.05) is 43.1 Å². The molecule has 0 saturated carbocycles. The highest BCUT2D eigenvalue weighted by atomic mass is 32.2. The zero-order chi connectivity index (χ0) is 14.3. The molecule has 1 aliphatic rings. The van der Waals surface area contributed by atoms with Gasteiger partial charge in [-0.1, -0.05) is 13.8 Å². The average molecular weight is 309 g/mol. The molecular weight excluding hydrogens is 280 g/mol. The summed E-state index contributed by atoms with van der Waals surface area (Å²) in [6.45, 7) is 5.92. The number of likely N-dealkylation sites (N-methyl/N-ethyl adjacent to an activating group) is 2. The van der Waals surface area contributed by atoms with Gasteiger partial charge < -0.3 is 10.2 Å². The summed E-state index contributed by atoms with van der Waals surface area (Å²) < 4.78 is 23.1. The molecule has 0 aliphatic carbocycles. The van der Waals surface area contributed by atoms with E-state index < -0.39 is 9.84 Å². The first-order valence-electron chi connectivity index (χ1n) is 7.22. The van der Waals surface area contributed by atoms with Crippen LogP contribution in [0, 0.1) is 0 Å². The topological polar surface area (TPSA) is 49.4 Å². The average Bonchev–Trinajstić information content (AvgIpc) is 2.38. The largest absolute Gasteiger partial charge is 0.313 e. The maximum absolute atomic E-state index is 11.5. The van der Waals surface area contributed by atoms with Crippen molar-refractivity contribution in [1.29, 1.82) is 0 Å². The maximum atomic E-state index is 11.5. The third kappa shape index (κ3) is 6.02. The second kappa shape index (κ2) is 8.49. The van der Waals surface area contributed by atoms with Crippen LogP contribution in [0.3, 0.4) is 0 Å². The van der Waals surface area contributed by atoms with Crippen LogP contribution in [-0.4, -0.2) is 68.5 Å². The van der Waals surface area contributed by atoms with Crippen molar-refractivity contribution in [1.82, 2.24) is 10.2 Å². The fourth-order valence-electron chi connectivity index (χ4n) is 2.49. The van der Waals surface area contributed by atoms with E-state index in [1.54, 1.807) is 6.92 Å². The summed E-state index contributed by atoms with van der Waals surface area (Å²) in [6, 6.07) is 0.942. The smallest absolute Gasteiger partial charge is 0.150 e. The number of nitrogens with zero attached hydrogens (tertiary/aromatic N) is 1. The Morgan fingerprint density at radius 2 is 2.16 bits per heavy atom. The van der Waals surface area contributed by atoms with Crippen LogP contribution in [0.5, 0.6) is 0 Å². The Bertz CT molecular complexity index is 347. The minimum absolute atomic E-state index is 0.262. The van der Waals surface area contributed by atoms with Crippen molar-refractivity contribution in [3.05, 3.63) is 0 Å². The van der Waals surface area contributed by atoms with Gasteiger partial charge in [0.05, 0.1) is 5.75 Å². The molecule has 0 radical (unpaired) electrons. The van der Waals surface area contributed by atoms with E-state index in [1.807, 2.05) is 11.8 Å². The molecule has 1 rings (SSSR count). The van der Waals surface area contributed by atoms with E-state index in [9.17, 15) is 8.42 Å². The lowest BCUT2D eigenvalue weighted by Gasteiger charge is -2.38. The van der Waals surface area contributed by atoms with Crippen LogP contribution in [0.2, 0.25) is 0 Å². The number of hydrogen-bond donors (Lipinski definition) is 1. The van der Waals surface area contributed by atoms with Crippen LogP contribution in [0.4, 0.5) is 0 Å². The molecule has 0 spiro atoms. The molecule has 2 atom stereocenters. The molecule has 19 heavy (non-hydrogen) atoms. The van der Waals surface area contributed by atoms with Gasteiger partial charge in [-0.15, -0.1) is 0 Å². The fraction of sp³-hybridized carbons (Fsp3) is 1.00. The summed E-state index contributed by atoms with van der Waals surface area (Å²) in [4.78, 5) is 2.41. The minimum Gasteiger partial charge on any atom is -0.313 e. The highest BCUT2D eigenvalue weighted by Crippen LogP contribution is 2.20. The number of nitrogens with one attached hydrogen (secondary N) is 1. The van der Waals surface area contributed by atoms with E-state index in [-0.39, 0.29) is 5.75 Å². The van der Waals surface area contributed by atoms with Gasteiger partial charge in [-0.2, -0.15) is 11.8 Å². The van der Waals surface area contributed by atoms with E-state index in [1.165, 1.54) is 5.75 Å². The number of sulfone groups is 1. The monoisotopic (exact) mass is 308 g/mol. The quantitative estimate of drug-likeness (QED) is 0.731. The van der Waals surface area contributed by atoms with Gasteiger partial charge in [-0.05, 0) is 26.4 Å². The van der Waals surface area contributed by atoms with Crippen LogP contribution < -0.4 is 5.32 Å². The molecule has 0 aromatic heterocycles. The number of thioether (sulfide) groups is 1. The van der Waals surface area contributed by atoms with E-state index in [2.05, 4.69) is 24.2 Å². The van der Waals surface area contributed by atoms with E-state index in [0.717, 1.165) is 31.7 Å². The maximum Gasteiger partial charge on any atom is 0.150 e. The Kier molecular flexibility index (Phi) is 7.72. The number of hydrogen-bond acceptors (Lipinski definition) is 5. The number of rotatable bonds is 8. The summed E-state index contributed by atoms with van der Waals surface area (Å²) in [6.07, 6.45) is 1.71. The van der Waals surface area contributed by atoms with Crippen molar-refractivity contribution in [2.45, 2.75) is 38.8 Å². The lowest BCUT2D eigenvalue weighted by molar-refractivity contribution is 0.209. The highest BCUT2D eigenvalue weighted by molar-refractivity contribution is 7.99. The van der Waals surface area contributed by atoms with Gasteiger partial charge in [0.2, 0.25) is 0 Å². The first-order valence-corrected chi connectivity index (χ1v) is 10.2. The fourth-order valence-corrected chi connectivity index (χ4v) is 4.70. The van der Waals surface area contributed by atoms with Crippen LogP contribution in [-0.2, 0) is 9.84 Å². The molecule has 1 fully saturated rings. The van der Waals surface area contributed by atoms with Gasteiger partial charge in [0, 0.05) is 35.9 Å². The molecule has 6 heteroatoms. The molecule has 0 aromatic carbocycles. The Morgan fingerprint density at radius 1 is 1.42 bits per heavy atom. The first kappa shape index (κ1) is 17.3. The third-order valence-corrected chi connectivity index (χ3v) is 6.62. The SMILES string of the molecule is CCNC(CCCS(=O)(=O)CC)C1CSCCN1C. The van der Waals surface area contributed by atoms with Crippen LogP contribution in [0.1, 0.15) is 26.7 Å². The van der Waals surface area contributed by atoms with Gasteiger partial charge in [0.15, 0.2) is 0 Å². The summed E-state index contributed by atoms with van der Waals surface area (Å²) in [7, 11) is -0.643. The predicted octanol–water partition coefficient (Wildman–Crippen LogP) is 1.23. The highest BCUT2D eigenvalue weighted by Gasteiger charge is 2.27. The summed E-state index contributed by atoms with van der Waals surface area (Å²) in [5, 5.41) is 3.54. The molecule has 0 bridgehead atoms. The summed E-state index contributed by atoms with van der Waals surface area (Å²) in [5.74, 6) is 2.94. The molecule has 0 aromatic rings. The predicted molar refractivity (Wildman–Crippen MR) is 84.8 cm³/mol. The molecule has 1 heterocycles. The second-order valence-corrected chi connectivity index (χ2v) is 8.79. The second-order valence-electron chi connectivity index (χ2n) is 5.17. The molecule has 2 unspecified atom stereocenters. The van der Waals surface area contributed by atoms with E-state index >= 15 is 0 Å². The van der Waals surface area contributed by atoms with E-state index in [0.29, 0.717) is 17.8 Å². The Balaban J connectivity index is 2.48. The van der Waals surface area contributed by atoms with Gasteiger partial charge >= 0.3 is 0 Å². The Hall–Kier alpha value is 0.220. The lowest BCUT2D eigenvalue weighted by Crippen LogP contribution is -2.52. The zero-order valence-electron chi connectivity index (χ0n) is 12.4. The van der Waals surface area contributed by atoms with Crippen LogP contribution in [0.25, 0.3) is 0 Å². The molecule has 114 valence electrons. The normalized spacial score (nSPS) is 23.4. The summed E-state index contributed by atoms with van der Waals surface area (Å²) in [5.41, 5.74) is 0. The van der Waals surface area contributed by atoms with Crippen molar-refractivity contribution >= 4 is 21.6 Å². The van der Waals surface area contributed by atoms with E-state index in [4.69, 9.17) is 0 Å². The molecule has 1 saturated heterocycles. The minimum atomic E-state index is -2.82. The molecular formula is C13H28N2O2S2. The molecule has 4 nitrogen and oxygen atoms in total. The van der Waals surface area contributed by atoms with Crippen molar-refractivity contribution in [2.24, 2.45) is 0 Å². The van der Waals surface area contributed by atoms with Gasteiger partial charge in [0.1, 0.15) is 9.84 Å². The Morgan fingerprint density at radius 3 is 2.74 bits per heavy atom. The van der Waals surface area contributed by atoms with Crippen molar-refractivity contribution < 1.29 is 8.42 Å². The van der Waals surface area contributed by atoms with Crippen LogP contribution in [0.15, 0.2) is 0 Å². The van der Waals surface area contributed by atoms with Gasteiger partial charge in [0.25, 0.3) is 0 Å². The first-order chi connectivity index (χ1) is 9.00. The zero-order valence-corrected chi connectivity index (χ0v) is 14.0. The molecule has 1 N–H and O–H groups in total. The lowest BCUT2D eigenvalue weighted by atomic mass is 10.0. The molecule has 1 aliphatic heterocycles. The standard InChI is InChI=1S/C13H28N2O2S2/c1-4-14-12(7-6-10-19(16,17)5-2)13-11-18-9-8-15(13)3/h12-14H,4-11H2,1-3H3. The summed E-state index contributed by atoms with van der Waals surface area (Å²) >= 11 is 2.00. The van der Waals surface area contributed by atoms with Crippen molar-refractivity contribution in [3.63, 3.8) is 0 Å². The Labute approximate surface area is 122 Å². The van der Waals surface area contributed by atoms with Gasteiger partial charge in [-0.25, -0.2) is 8.42 Å². The third-order valence-electron chi connectivity index (χ3n) is 3.78.